The van der Waals surface area contributed by atoms with Crippen molar-refractivity contribution in [2.45, 2.75) is 51.2 Å². The molecule has 1 saturated heterocycles. The number of likely N-dealkylation sites (tertiary alicyclic amines) is 1. The molecule has 2 fully saturated rings. The smallest absolute Gasteiger partial charge is 0.228 e. The van der Waals surface area contributed by atoms with E-state index in [0.717, 1.165) is 67.3 Å². The first kappa shape index (κ1) is 20.2. The summed E-state index contributed by atoms with van der Waals surface area (Å²) in [6.07, 6.45) is 7.10. The number of benzene rings is 2. The van der Waals surface area contributed by atoms with Gasteiger partial charge < -0.3 is 10.1 Å². The quantitative estimate of drug-likeness (QED) is 0.679. The van der Waals surface area contributed by atoms with Crippen LogP contribution < -0.4 is 10.1 Å². The summed E-state index contributed by atoms with van der Waals surface area (Å²) < 4.78 is 6.00. The molecular formula is C24H29ClN2O2. The minimum Gasteiger partial charge on any atom is -0.490 e. The Balaban J connectivity index is 1.30. The maximum Gasteiger partial charge on any atom is 0.228 e. The highest BCUT2D eigenvalue weighted by Crippen LogP contribution is 2.26. The molecule has 0 radical (unpaired) electrons. The first-order valence-corrected chi connectivity index (χ1v) is 11.1. The van der Waals surface area contributed by atoms with Crippen LogP contribution in [-0.2, 0) is 11.3 Å². The predicted octanol–water partition coefficient (Wildman–Crippen LogP) is 5.51. The van der Waals surface area contributed by atoms with Gasteiger partial charge in [0.1, 0.15) is 5.75 Å². The van der Waals surface area contributed by atoms with E-state index < -0.39 is 0 Å². The van der Waals surface area contributed by atoms with E-state index in [2.05, 4.69) is 16.3 Å². The molecule has 1 atom stereocenters. The van der Waals surface area contributed by atoms with Crippen LogP contribution in [0, 0.1) is 5.92 Å². The lowest BCUT2D eigenvalue weighted by Crippen LogP contribution is -2.40. The number of nitrogens with zero attached hydrogens (tertiary/aromatic N) is 1. The molecule has 1 N–H and O–H groups in total. The largest absolute Gasteiger partial charge is 0.490 e. The van der Waals surface area contributed by atoms with Crippen LogP contribution in [0.15, 0.2) is 48.5 Å². The highest BCUT2D eigenvalue weighted by Gasteiger charge is 2.26. The van der Waals surface area contributed by atoms with E-state index in [1.165, 1.54) is 12.8 Å². The number of halogens is 1. The Morgan fingerprint density at radius 1 is 1.03 bits per heavy atom. The van der Waals surface area contributed by atoms with Crippen LogP contribution >= 0.6 is 11.6 Å². The lowest BCUT2D eigenvalue weighted by atomic mass is 9.96. The summed E-state index contributed by atoms with van der Waals surface area (Å²) in [6, 6.07) is 15.7. The molecule has 0 aromatic heterocycles. The van der Waals surface area contributed by atoms with Gasteiger partial charge in [-0.25, -0.2) is 0 Å². The fraction of sp³-hybridized carbons (Fsp3) is 0.458. The van der Waals surface area contributed by atoms with Crippen LogP contribution in [0.1, 0.15) is 44.1 Å². The molecule has 0 bridgehead atoms. The van der Waals surface area contributed by atoms with Gasteiger partial charge in [0.15, 0.2) is 0 Å². The normalized spacial score (nSPS) is 20.5. The Kier molecular flexibility index (Phi) is 6.73. The number of rotatable bonds is 6. The maximum absolute atomic E-state index is 12.8. The van der Waals surface area contributed by atoms with Crippen LogP contribution in [0.25, 0.3) is 0 Å². The molecule has 1 saturated carbocycles. The van der Waals surface area contributed by atoms with E-state index in [1.807, 2.05) is 42.5 Å². The Labute approximate surface area is 178 Å². The maximum atomic E-state index is 12.8. The Morgan fingerprint density at radius 3 is 2.55 bits per heavy atom. The van der Waals surface area contributed by atoms with Gasteiger partial charge in [-0.05, 0) is 81.0 Å². The van der Waals surface area contributed by atoms with Gasteiger partial charge in [-0.2, -0.15) is 0 Å². The van der Waals surface area contributed by atoms with Crippen LogP contribution in [0.2, 0.25) is 5.02 Å². The standard InChI is InChI=1S/C24H29ClN2O2/c25-23-10-4-1-6-18(23)16-27-15-5-7-19(17-27)24(28)26-20-11-13-22(14-12-20)29-21-8-2-3-9-21/h1,4,6,10-14,19,21H,2-3,5,7-9,15-17H2,(H,26,28). The van der Waals surface area contributed by atoms with E-state index in [-0.39, 0.29) is 11.8 Å². The van der Waals surface area contributed by atoms with E-state index in [0.29, 0.717) is 6.10 Å². The fourth-order valence-electron chi connectivity index (χ4n) is 4.34. The molecule has 1 aliphatic heterocycles. The summed E-state index contributed by atoms with van der Waals surface area (Å²) in [5.41, 5.74) is 1.95. The number of nitrogens with one attached hydrogen (secondary N) is 1. The zero-order valence-corrected chi connectivity index (χ0v) is 17.5. The predicted molar refractivity (Wildman–Crippen MR) is 117 cm³/mol. The average molecular weight is 413 g/mol. The molecule has 0 spiro atoms. The zero-order chi connectivity index (χ0) is 20.1. The van der Waals surface area contributed by atoms with Gasteiger partial charge in [-0.3, -0.25) is 9.69 Å². The first-order chi connectivity index (χ1) is 14.2. The highest BCUT2D eigenvalue weighted by atomic mass is 35.5. The Morgan fingerprint density at radius 2 is 1.79 bits per heavy atom. The number of carbonyl (C=O) groups excluding carboxylic acids is 1. The minimum atomic E-state index is 0.000605. The van der Waals surface area contributed by atoms with Crippen LogP contribution in [0.4, 0.5) is 5.69 Å². The lowest BCUT2D eigenvalue weighted by molar-refractivity contribution is -0.121. The minimum absolute atomic E-state index is 0.000605. The summed E-state index contributed by atoms with van der Waals surface area (Å²) in [4.78, 5) is 15.1. The number of anilines is 1. The van der Waals surface area contributed by atoms with Crippen molar-refractivity contribution in [1.82, 2.24) is 4.90 Å². The molecule has 2 aliphatic rings. The van der Waals surface area contributed by atoms with Crippen molar-refractivity contribution < 1.29 is 9.53 Å². The second-order valence-electron chi connectivity index (χ2n) is 8.20. The van der Waals surface area contributed by atoms with Crippen LogP contribution in [-0.4, -0.2) is 30.0 Å². The monoisotopic (exact) mass is 412 g/mol. The van der Waals surface area contributed by atoms with Gasteiger partial charge in [0.05, 0.1) is 12.0 Å². The van der Waals surface area contributed by atoms with Gasteiger partial charge in [0.25, 0.3) is 0 Å². The molecule has 4 nitrogen and oxygen atoms in total. The number of carbonyl (C=O) groups is 1. The van der Waals surface area contributed by atoms with Gasteiger partial charge >= 0.3 is 0 Å². The number of hydrogen-bond donors (Lipinski definition) is 1. The Bertz CT molecular complexity index is 818. The summed E-state index contributed by atoms with van der Waals surface area (Å²) in [6.45, 7) is 2.55. The Hall–Kier alpha value is -2.04. The third-order valence-electron chi connectivity index (χ3n) is 5.95. The second kappa shape index (κ2) is 9.64. The molecule has 1 unspecified atom stereocenters. The molecule has 4 rings (SSSR count). The number of ether oxygens (including phenoxy) is 1. The van der Waals surface area contributed by atoms with E-state index in [4.69, 9.17) is 16.3 Å². The molecule has 2 aromatic rings. The number of amides is 1. The lowest BCUT2D eigenvalue weighted by Gasteiger charge is -2.32. The van der Waals surface area contributed by atoms with E-state index in [1.54, 1.807) is 0 Å². The fourth-order valence-corrected chi connectivity index (χ4v) is 4.54. The summed E-state index contributed by atoms with van der Waals surface area (Å²) in [5, 5.41) is 3.87. The molecular weight excluding hydrogens is 384 g/mol. The van der Waals surface area contributed by atoms with Crippen molar-refractivity contribution in [3.8, 4) is 5.75 Å². The van der Waals surface area contributed by atoms with Crippen molar-refractivity contribution in [1.29, 1.82) is 0 Å². The first-order valence-electron chi connectivity index (χ1n) is 10.7. The molecule has 1 heterocycles. The molecule has 1 amide bonds. The van der Waals surface area contributed by atoms with Crippen LogP contribution in [0.3, 0.4) is 0 Å². The molecule has 154 valence electrons. The number of piperidine rings is 1. The molecule has 5 heteroatoms. The summed E-state index contributed by atoms with van der Waals surface area (Å²) >= 11 is 6.30. The second-order valence-corrected chi connectivity index (χ2v) is 8.61. The highest BCUT2D eigenvalue weighted by molar-refractivity contribution is 6.31. The number of hydrogen-bond acceptors (Lipinski definition) is 3. The van der Waals surface area contributed by atoms with Gasteiger partial charge in [-0.15, -0.1) is 0 Å². The zero-order valence-electron chi connectivity index (χ0n) is 16.8. The van der Waals surface area contributed by atoms with E-state index >= 15 is 0 Å². The van der Waals surface area contributed by atoms with Crippen molar-refractivity contribution in [2.24, 2.45) is 5.92 Å². The van der Waals surface area contributed by atoms with Crippen molar-refractivity contribution in [3.63, 3.8) is 0 Å². The summed E-state index contributed by atoms with van der Waals surface area (Å²) in [7, 11) is 0. The average Bonchev–Trinajstić information content (AvgIpc) is 3.24. The van der Waals surface area contributed by atoms with Gasteiger partial charge in [-0.1, -0.05) is 29.8 Å². The van der Waals surface area contributed by atoms with Crippen molar-refractivity contribution in [3.05, 3.63) is 59.1 Å². The third-order valence-corrected chi connectivity index (χ3v) is 6.32. The molecule has 1 aliphatic carbocycles. The SMILES string of the molecule is O=C(Nc1ccc(OC2CCCC2)cc1)C1CCCN(Cc2ccccc2Cl)C1. The molecule has 2 aromatic carbocycles. The van der Waals surface area contributed by atoms with E-state index in [9.17, 15) is 4.79 Å². The van der Waals surface area contributed by atoms with Gasteiger partial charge in [0.2, 0.25) is 5.91 Å². The topological polar surface area (TPSA) is 41.6 Å². The summed E-state index contributed by atoms with van der Waals surface area (Å²) in [5.74, 6) is 0.984. The van der Waals surface area contributed by atoms with Crippen LogP contribution in [0.5, 0.6) is 5.75 Å². The van der Waals surface area contributed by atoms with Crippen molar-refractivity contribution in [2.75, 3.05) is 18.4 Å². The molecule has 29 heavy (non-hydrogen) atoms. The van der Waals surface area contributed by atoms with Gasteiger partial charge in [0, 0.05) is 23.8 Å². The third kappa shape index (κ3) is 5.52. The van der Waals surface area contributed by atoms with Crippen molar-refractivity contribution >= 4 is 23.2 Å².